The molecule has 0 bridgehead atoms. The van der Waals surface area contributed by atoms with Gasteiger partial charge in [-0.1, -0.05) is 96.5 Å². The van der Waals surface area contributed by atoms with Crippen molar-refractivity contribution in [3.8, 4) is 11.1 Å². The Kier molecular flexibility index (Phi) is 6.15. The number of nitrogens with zero attached hydrogens (tertiary/aromatic N) is 1. The van der Waals surface area contributed by atoms with Gasteiger partial charge in [-0.3, -0.25) is 9.59 Å². The Labute approximate surface area is 203 Å². The second kappa shape index (κ2) is 9.54. The van der Waals surface area contributed by atoms with Gasteiger partial charge < -0.3 is 10.2 Å². The number of rotatable bonds is 5. The Hall–Kier alpha value is -3.89. The number of carbonyl (C=O) groups excluding carboxylic acids is 2. The Morgan fingerprint density at radius 2 is 1.41 bits per heavy atom. The third-order valence-corrected chi connectivity index (χ3v) is 6.31. The van der Waals surface area contributed by atoms with E-state index in [1.54, 1.807) is 11.0 Å². The van der Waals surface area contributed by atoms with E-state index in [1.165, 1.54) is 0 Å². The Morgan fingerprint density at radius 3 is 2.18 bits per heavy atom. The Morgan fingerprint density at radius 1 is 0.765 bits per heavy atom. The number of amides is 2. The van der Waals surface area contributed by atoms with Crippen LogP contribution < -0.4 is 5.32 Å². The molecule has 4 aromatic carbocycles. The highest BCUT2D eigenvalue weighted by atomic mass is 35.5. The van der Waals surface area contributed by atoms with Gasteiger partial charge in [-0.25, -0.2) is 0 Å². The molecule has 168 valence electrons. The van der Waals surface area contributed by atoms with E-state index < -0.39 is 6.04 Å². The lowest BCUT2D eigenvalue weighted by Crippen LogP contribution is -2.42. The molecule has 4 nitrogen and oxygen atoms in total. The average Bonchev–Trinajstić information content (AvgIpc) is 2.97. The van der Waals surface area contributed by atoms with E-state index in [9.17, 15) is 9.59 Å². The number of hydrogen-bond acceptors (Lipinski definition) is 2. The van der Waals surface area contributed by atoms with Gasteiger partial charge in [-0.2, -0.15) is 0 Å². The lowest BCUT2D eigenvalue weighted by atomic mass is 9.93. The molecule has 0 radical (unpaired) electrons. The summed E-state index contributed by atoms with van der Waals surface area (Å²) in [7, 11) is 0. The second-order valence-electron chi connectivity index (χ2n) is 8.30. The zero-order valence-electron chi connectivity index (χ0n) is 18.4. The normalized spacial score (nSPS) is 14.7. The number of carbonyl (C=O) groups is 2. The summed E-state index contributed by atoms with van der Waals surface area (Å²) in [5.41, 5.74) is 4.95. The molecule has 1 aliphatic rings. The predicted molar refractivity (Wildman–Crippen MR) is 134 cm³/mol. The van der Waals surface area contributed by atoms with Crippen LogP contribution in [0.15, 0.2) is 103 Å². The topological polar surface area (TPSA) is 49.4 Å². The highest BCUT2D eigenvalue weighted by Crippen LogP contribution is 2.39. The first kappa shape index (κ1) is 21.9. The smallest absolute Gasteiger partial charge is 0.255 e. The fourth-order valence-corrected chi connectivity index (χ4v) is 4.70. The summed E-state index contributed by atoms with van der Waals surface area (Å²) < 4.78 is 0. The molecule has 2 amide bonds. The molecule has 1 N–H and O–H groups in total. The molecule has 5 rings (SSSR count). The van der Waals surface area contributed by atoms with Crippen molar-refractivity contribution < 1.29 is 9.59 Å². The fraction of sp³-hybridized carbons (Fsp3) is 0.103. The molecule has 0 saturated carbocycles. The van der Waals surface area contributed by atoms with E-state index in [-0.39, 0.29) is 18.4 Å². The van der Waals surface area contributed by atoms with Gasteiger partial charge >= 0.3 is 0 Å². The fourth-order valence-electron chi connectivity index (χ4n) is 4.48. The van der Waals surface area contributed by atoms with Crippen LogP contribution in [0.4, 0.5) is 0 Å². The SMILES string of the molecule is O=C(NCc1ccccc1)C1c2ccccc2-c2ccccc2C(=O)N1Cc1cccc(Cl)c1. The standard InChI is InChI=1S/C29H23ClN2O2/c30-22-12-8-11-21(17-22)19-32-27(28(33)31-18-20-9-2-1-3-10-20)25-15-6-4-13-23(25)24-14-5-7-16-26(24)29(32)34/h1-17,27H,18-19H2,(H,31,33). The summed E-state index contributed by atoms with van der Waals surface area (Å²) in [6.45, 7) is 0.635. The maximum Gasteiger partial charge on any atom is 0.255 e. The van der Waals surface area contributed by atoms with Crippen molar-refractivity contribution in [2.24, 2.45) is 0 Å². The van der Waals surface area contributed by atoms with Crippen molar-refractivity contribution in [1.29, 1.82) is 0 Å². The third-order valence-electron chi connectivity index (χ3n) is 6.08. The van der Waals surface area contributed by atoms with E-state index >= 15 is 0 Å². The number of benzene rings is 4. The number of fused-ring (bicyclic) bond motifs is 3. The van der Waals surface area contributed by atoms with E-state index in [2.05, 4.69) is 5.32 Å². The van der Waals surface area contributed by atoms with Crippen LogP contribution in [0.3, 0.4) is 0 Å². The summed E-state index contributed by atoms with van der Waals surface area (Å²) in [4.78, 5) is 29.3. The Balaban J connectivity index is 1.60. The quantitative estimate of drug-likeness (QED) is 0.391. The minimum atomic E-state index is -0.793. The Bertz CT molecular complexity index is 1350. The minimum Gasteiger partial charge on any atom is -0.350 e. The summed E-state index contributed by atoms with van der Waals surface area (Å²) in [5.74, 6) is -0.411. The molecule has 5 heteroatoms. The molecule has 1 unspecified atom stereocenters. The zero-order chi connectivity index (χ0) is 23.5. The molecular formula is C29H23ClN2O2. The van der Waals surface area contributed by atoms with Gasteiger partial charge in [0.1, 0.15) is 6.04 Å². The molecular weight excluding hydrogens is 444 g/mol. The van der Waals surface area contributed by atoms with Crippen LogP contribution in [0.5, 0.6) is 0 Å². The largest absolute Gasteiger partial charge is 0.350 e. The van der Waals surface area contributed by atoms with Crippen LogP contribution in [0.1, 0.15) is 33.1 Å². The van der Waals surface area contributed by atoms with Crippen molar-refractivity contribution in [3.05, 3.63) is 130 Å². The van der Waals surface area contributed by atoms with Gasteiger partial charge in [0.25, 0.3) is 5.91 Å². The minimum absolute atomic E-state index is 0.188. The number of halogens is 1. The maximum absolute atomic E-state index is 13.9. The van der Waals surface area contributed by atoms with Crippen LogP contribution in [-0.2, 0) is 17.9 Å². The summed E-state index contributed by atoms with van der Waals surface area (Å²) >= 11 is 6.23. The third kappa shape index (κ3) is 4.33. The number of hydrogen-bond donors (Lipinski definition) is 1. The molecule has 0 aromatic heterocycles. The first-order chi connectivity index (χ1) is 16.6. The second-order valence-corrected chi connectivity index (χ2v) is 8.74. The van der Waals surface area contributed by atoms with Gasteiger partial charge in [0.15, 0.2) is 0 Å². The van der Waals surface area contributed by atoms with Crippen molar-refractivity contribution in [2.75, 3.05) is 0 Å². The zero-order valence-corrected chi connectivity index (χ0v) is 19.2. The summed E-state index contributed by atoms with van der Waals surface area (Å²) in [5, 5.41) is 3.64. The first-order valence-electron chi connectivity index (χ1n) is 11.2. The molecule has 34 heavy (non-hydrogen) atoms. The van der Waals surface area contributed by atoms with Crippen LogP contribution >= 0.6 is 11.6 Å². The van der Waals surface area contributed by atoms with Gasteiger partial charge in [0, 0.05) is 23.7 Å². The highest BCUT2D eigenvalue weighted by Gasteiger charge is 2.37. The van der Waals surface area contributed by atoms with Crippen LogP contribution in [-0.4, -0.2) is 16.7 Å². The van der Waals surface area contributed by atoms with Gasteiger partial charge in [0.05, 0.1) is 0 Å². The molecule has 0 saturated heterocycles. The van der Waals surface area contributed by atoms with Crippen molar-refractivity contribution in [2.45, 2.75) is 19.1 Å². The van der Waals surface area contributed by atoms with Gasteiger partial charge in [-0.15, -0.1) is 0 Å². The molecule has 1 atom stereocenters. The summed E-state index contributed by atoms with van der Waals surface area (Å²) in [6.07, 6.45) is 0. The van der Waals surface area contributed by atoms with Crippen molar-refractivity contribution in [3.63, 3.8) is 0 Å². The van der Waals surface area contributed by atoms with Crippen LogP contribution in [0.25, 0.3) is 11.1 Å². The molecule has 4 aromatic rings. The molecule has 0 aliphatic carbocycles. The average molecular weight is 467 g/mol. The molecule has 0 fully saturated rings. The molecule has 1 heterocycles. The molecule has 1 aliphatic heterocycles. The van der Waals surface area contributed by atoms with E-state index in [4.69, 9.17) is 11.6 Å². The van der Waals surface area contributed by atoms with E-state index in [0.717, 1.165) is 27.8 Å². The van der Waals surface area contributed by atoms with Crippen molar-refractivity contribution in [1.82, 2.24) is 10.2 Å². The summed E-state index contributed by atoms with van der Waals surface area (Å²) in [6, 6.07) is 31.6. The monoisotopic (exact) mass is 466 g/mol. The van der Waals surface area contributed by atoms with Crippen molar-refractivity contribution >= 4 is 23.4 Å². The van der Waals surface area contributed by atoms with Gasteiger partial charge in [0.2, 0.25) is 5.91 Å². The lowest BCUT2D eigenvalue weighted by Gasteiger charge is -2.30. The van der Waals surface area contributed by atoms with E-state index in [1.807, 2.05) is 97.1 Å². The first-order valence-corrected chi connectivity index (χ1v) is 11.5. The number of nitrogens with one attached hydrogen (secondary N) is 1. The van der Waals surface area contributed by atoms with E-state index in [0.29, 0.717) is 17.1 Å². The van der Waals surface area contributed by atoms with Gasteiger partial charge in [-0.05, 0) is 46.0 Å². The highest BCUT2D eigenvalue weighted by molar-refractivity contribution is 6.30. The maximum atomic E-state index is 13.9. The van der Waals surface area contributed by atoms with Crippen LogP contribution in [0.2, 0.25) is 5.02 Å². The predicted octanol–water partition coefficient (Wildman–Crippen LogP) is 6.02. The molecule has 0 spiro atoms. The lowest BCUT2D eigenvalue weighted by molar-refractivity contribution is -0.126. The van der Waals surface area contributed by atoms with Crippen LogP contribution in [0, 0.1) is 0 Å².